The number of thioether (sulfide) groups is 1. The van der Waals surface area contributed by atoms with Gasteiger partial charge in [-0.1, -0.05) is 41.6 Å². The molecule has 4 rings (SSSR count). The Kier molecular flexibility index (Phi) is 6.34. The van der Waals surface area contributed by atoms with E-state index in [-0.39, 0.29) is 11.7 Å². The van der Waals surface area contributed by atoms with Crippen molar-refractivity contribution in [3.05, 3.63) is 65.3 Å². The third-order valence-corrected chi connectivity index (χ3v) is 6.31. The maximum atomic E-state index is 12.5. The summed E-state index contributed by atoms with van der Waals surface area (Å²) in [6.07, 6.45) is 1.61. The number of carbonyl (C=O) groups excluding carboxylic acids is 1. The van der Waals surface area contributed by atoms with Gasteiger partial charge in [0.1, 0.15) is 12.1 Å². The van der Waals surface area contributed by atoms with Crippen LogP contribution in [0.2, 0.25) is 0 Å². The Labute approximate surface area is 188 Å². The first-order chi connectivity index (χ1) is 15.0. The minimum atomic E-state index is -0.151. The van der Waals surface area contributed by atoms with E-state index in [1.54, 1.807) is 18.0 Å². The summed E-state index contributed by atoms with van der Waals surface area (Å²) in [5.74, 6) is 0.739. The summed E-state index contributed by atoms with van der Waals surface area (Å²) in [5, 5.41) is 14.1. The summed E-state index contributed by atoms with van der Waals surface area (Å²) < 4.78 is 7.22. The van der Waals surface area contributed by atoms with Crippen LogP contribution in [-0.4, -0.2) is 38.5 Å². The van der Waals surface area contributed by atoms with E-state index in [1.165, 1.54) is 28.7 Å². The molecular formula is C22H21N5O2S2. The monoisotopic (exact) mass is 451 g/mol. The zero-order chi connectivity index (χ0) is 21.8. The second kappa shape index (κ2) is 9.32. The topological polar surface area (TPSA) is 81.9 Å². The van der Waals surface area contributed by atoms with Crippen LogP contribution in [-0.2, 0) is 4.79 Å². The zero-order valence-electron chi connectivity index (χ0n) is 17.3. The summed E-state index contributed by atoms with van der Waals surface area (Å²) in [5.41, 5.74) is 5.09. The number of amides is 1. The van der Waals surface area contributed by atoms with Gasteiger partial charge in [-0.25, -0.2) is 4.98 Å². The number of carbonyl (C=O) groups is 1. The van der Waals surface area contributed by atoms with E-state index >= 15 is 0 Å². The van der Waals surface area contributed by atoms with Crippen LogP contribution in [0, 0.1) is 13.8 Å². The number of aromatic nitrogens is 4. The van der Waals surface area contributed by atoms with E-state index in [9.17, 15) is 4.79 Å². The molecule has 0 atom stereocenters. The van der Waals surface area contributed by atoms with E-state index in [0.717, 1.165) is 22.5 Å². The predicted octanol–water partition coefficient (Wildman–Crippen LogP) is 4.75. The fourth-order valence-corrected chi connectivity index (χ4v) is 4.52. The molecule has 0 saturated heterocycles. The molecule has 1 N–H and O–H groups in total. The predicted molar refractivity (Wildman–Crippen MR) is 124 cm³/mol. The fraction of sp³-hybridized carbons (Fsp3) is 0.182. The molecule has 0 spiro atoms. The van der Waals surface area contributed by atoms with Gasteiger partial charge in [-0.3, -0.25) is 9.36 Å². The standard InChI is InChI=1S/C22H21N5O2S2/c1-14-8-9-15(2)16(10-14)17-11-30-21(24-17)25-20(28)12-31-22-26-23-13-27(22)18-6-4-5-7-19(18)29-3/h4-11,13H,12H2,1-3H3,(H,24,25,28). The van der Waals surface area contributed by atoms with Crippen molar-refractivity contribution < 1.29 is 9.53 Å². The number of aryl methyl sites for hydroxylation is 2. The van der Waals surface area contributed by atoms with Gasteiger partial charge >= 0.3 is 0 Å². The number of thiazole rings is 1. The van der Waals surface area contributed by atoms with E-state index in [4.69, 9.17) is 4.74 Å². The van der Waals surface area contributed by atoms with Gasteiger partial charge in [0.25, 0.3) is 0 Å². The molecule has 0 radical (unpaired) electrons. The normalized spacial score (nSPS) is 10.8. The number of ether oxygens (including phenoxy) is 1. The molecule has 1 amide bonds. The lowest BCUT2D eigenvalue weighted by molar-refractivity contribution is -0.113. The SMILES string of the molecule is COc1ccccc1-n1cnnc1SCC(=O)Nc1nc(-c2cc(C)ccc2C)cs1. The number of hydrogen-bond acceptors (Lipinski definition) is 7. The molecule has 7 nitrogen and oxygen atoms in total. The van der Waals surface area contributed by atoms with Crippen LogP contribution in [0.5, 0.6) is 5.75 Å². The molecule has 2 aromatic heterocycles. The Morgan fingerprint density at radius 2 is 2.06 bits per heavy atom. The summed E-state index contributed by atoms with van der Waals surface area (Å²) in [4.78, 5) is 17.1. The quantitative estimate of drug-likeness (QED) is 0.409. The van der Waals surface area contributed by atoms with Crippen molar-refractivity contribution in [1.82, 2.24) is 19.7 Å². The summed E-state index contributed by atoms with van der Waals surface area (Å²) >= 11 is 2.71. The number of methoxy groups -OCH3 is 1. The Morgan fingerprint density at radius 3 is 2.90 bits per heavy atom. The molecule has 0 saturated carbocycles. The summed E-state index contributed by atoms with van der Waals surface area (Å²) in [7, 11) is 1.62. The third-order valence-electron chi connectivity index (χ3n) is 4.61. The molecule has 158 valence electrons. The maximum absolute atomic E-state index is 12.5. The van der Waals surface area contributed by atoms with Crippen LogP contribution in [0.3, 0.4) is 0 Å². The highest BCUT2D eigenvalue weighted by Crippen LogP contribution is 2.29. The smallest absolute Gasteiger partial charge is 0.236 e. The van der Waals surface area contributed by atoms with E-state index in [2.05, 4.69) is 52.5 Å². The lowest BCUT2D eigenvalue weighted by Gasteiger charge is -2.10. The van der Waals surface area contributed by atoms with Gasteiger partial charge in [0, 0.05) is 10.9 Å². The molecule has 31 heavy (non-hydrogen) atoms. The van der Waals surface area contributed by atoms with Crippen molar-refractivity contribution >= 4 is 34.1 Å². The molecule has 9 heteroatoms. The lowest BCUT2D eigenvalue weighted by Crippen LogP contribution is -2.14. The Morgan fingerprint density at radius 1 is 1.23 bits per heavy atom. The number of nitrogens with one attached hydrogen (secondary N) is 1. The minimum Gasteiger partial charge on any atom is -0.495 e. The maximum Gasteiger partial charge on any atom is 0.236 e. The van der Waals surface area contributed by atoms with Crippen LogP contribution < -0.4 is 10.1 Å². The average Bonchev–Trinajstić information content (AvgIpc) is 3.43. The lowest BCUT2D eigenvalue weighted by atomic mass is 10.0. The van der Waals surface area contributed by atoms with Crippen molar-refractivity contribution in [3.63, 3.8) is 0 Å². The molecule has 0 unspecified atom stereocenters. The molecule has 0 aliphatic heterocycles. The number of para-hydroxylation sites is 2. The van der Waals surface area contributed by atoms with Crippen molar-refractivity contribution in [2.24, 2.45) is 0 Å². The Hall–Kier alpha value is -3.17. The second-order valence-corrected chi connectivity index (χ2v) is 8.65. The van der Waals surface area contributed by atoms with Gasteiger partial charge in [0.15, 0.2) is 10.3 Å². The van der Waals surface area contributed by atoms with Crippen LogP contribution >= 0.6 is 23.1 Å². The zero-order valence-corrected chi connectivity index (χ0v) is 19.0. The van der Waals surface area contributed by atoms with E-state index < -0.39 is 0 Å². The van der Waals surface area contributed by atoms with Gasteiger partial charge in [0.05, 0.1) is 24.2 Å². The first-order valence-corrected chi connectivity index (χ1v) is 11.4. The van der Waals surface area contributed by atoms with Crippen LogP contribution in [0.4, 0.5) is 5.13 Å². The molecular weight excluding hydrogens is 430 g/mol. The van der Waals surface area contributed by atoms with Gasteiger partial charge in [-0.05, 0) is 37.6 Å². The first-order valence-electron chi connectivity index (χ1n) is 9.54. The Bertz CT molecular complexity index is 1220. The van der Waals surface area contributed by atoms with Gasteiger partial charge in [-0.2, -0.15) is 0 Å². The van der Waals surface area contributed by atoms with Gasteiger partial charge < -0.3 is 10.1 Å². The van der Waals surface area contributed by atoms with Gasteiger partial charge in [0.2, 0.25) is 5.91 Å². The van der Waals surface area contributed by atoms with Crippen molar-refractivity contribution in [2.75, 3.05) is 18.2 Å². The fourth-order valence-electron chi connectivity index (χ4n) is 3.07. The molecule has 0 aliphatic rings. The number of benzene rings is 2. The summed E-state index contributed by atoms with van der Waals surface area (Å²) in [6.45, 7) is 4.11. The van der Waals surface area contributed by atoms with Crippen molar-refractivity contribution in [3.8, 4) is 22.7 Å². The molecule has 2 aromatic carbocycles. The highest BCUT2D eigenvalue weighted by molar-refractivity contribution is 7.99. The second-order valence-electron chi connectivity index (χ2n) is 6.85. The van der Waals surface area contributed by atoms with Gasteiger partial charge in [-0.15, -0.1) is 21.5 Å². The van der Waals surface area contributed by atoms with Crippen LogP contribution in [0.15, 0.2) is 59.3 Å². The van der Waals surface area contributed by atoms with E-state index in [1.807, 2.05) is 29.6 Å². The molecule has 0 bridgehead atoms. The molecule has 4 aromatic rings. The number of rotatable bonds is 7. The molecule has 2 heterocycles. The average molecular weight is 452 g/mol. The third kappa shape index (κ3) is 4.78. The number of hydrogen-bond donors (Lipinski definition) is 1. The van der Waals surface area contributed by atoms with Crippen LogP contribution in [0.25, 0.3) is 16.9 Å². The van der Waals surface area contributed by atoms with Crippen LogP contribution in [0.1, 0.15) is 11.1 Å². The molecule has 0 fully saturated rings. The summed E-state index contributed by atoms with van der Waals surface area (Å²) in [6, 6.07) is 13.9. The minimum absolute atomic E-state index is 0.151. The highest BCUT2D eigenvalue weighted by Gasteiger charge is 2.14. The largest absolute Gasteiger partial charge is 0.495 e. The highest BCUT2D eigenvalue weighted by atomic mass is 32.2. The van der Waals surface area contributed by atoms with Crippen molar-refractivity contribution in [2.45, 2.75) is 19.0 Å². The van der Waals surface area contributed by atoms with Crippen molar-refractivity contribution in [1.29, 1.82) is 0 Å². The number of anilines is 1. The Balaban J connectivity index is 1.42. The molecule has 0 aliphatic carbocycles. The first kappa shape index (κ1) is 21.1. The van der Waals surface area contributed by atoms with E-state index in [0.29, 0.717) is 16.0 Å². The number of nitrogens with zero attached hydrogens (tertiary/aromatic N) is 4.